The van der Waals surface area contributed by atoms with E-state index in [0.29, 0.717) is 25.1 Å². The van der Waals surface area contributed by atoms with Crippen molar-refractivity contribution in [3.05, 3.63) is 70.7 Å². The summed E-state index contributed by atoms with van der Waals surface area (Å²) in [7, 11) is -1.76. The predicted octanol–water partition coefficient (Wildman–Crippen LogP) is 5.14. The molecule has 0 atom stereocenters. The highest BCUT2D eigenvalue weighted by atomic mass is 32.2. The summed E-state index contributed by atoms with van der Waals surface area (Å²) in [6.45, 7) is 13.6. The maximum atomic E-state index is 13.1. The molecular formula is C27H33N5O3SSi. The highest BCUT2D eigenvalue weighted by molar-refractivity contribution is 7.99. The summed E-state index contributed by atoms with van der Waals surface area (Å²) in [5.74, 6) is 0.831. The van der Waals surface area contributed by atoms with Crippen LogP contribution in [0.5, 0.6) is 5.75 Å². The van der Waals surface area contributed by atoms with Gasteiger partial charge in [0, 0.05) is 22.9 Å². The second kappa shape index (κ2) is 10.1. The van der Waals surface area contributed by atoms with Gasteiger partial charge in [-0.1, -0.05) is 32.5 Å². The van der Waals surface area contributed by atoms with Gasteiger partial charge in [-0.25, -0.2) is 4.68 Å². The van der Waals surface area contributed by atoms with Gasteiger partial charge in [0.2, 0.25) is 0 Å². The van der Waals surface area contributed by atoms with E-state index in [-0.39, 0.29) is 10.6 Å². The monoisotopic (exact) mass is 535 g/mol. The number of rotatable bonds is 8. The van der Waals surface area contributed by atoms with E-state index in [0.717, 1.165) is 45.3 Å². The summed E-state index contributed by atoms with van der Waals surface area (Å²) in [5, 5.41) is 10.6. The lowest BCUT2D eigenvalue weighted by molar-refractivity contribution is 0.266. The molecule has 0 spiro atoms. The Morgan fingerprint density at radius 3 is 2.76 bits per heavy atom. The molecule has 10 heteroatoms. The van der Waals surface area contributed by atoms with Gasteiger partial charge in [0.1, 0.15) is 5.75 Å². The van der Waals surface area contributed by atoms with Crippen LogP contribution in [-0.2, 0) is 23.9 Å². The zero-order valence-electron chi connectivity index (χ0n) is 22.0. The quantitative estimate of drug-likeness (QED) is 0.289. The number of hydrogen-bond donors (Lipinski definition) is 0. The van der Waals surface area contributed by atoms with Crippen molar-refractivity contribution in [1.29, 1.82) is 0 Å². The third-order valence-corrected chi connectivity index (χ3v) is 12.6. The van der Waals surface area contributed by atoms with Crippen molar-refractivity contribution >= 4 is 30.9 Å². The van der Waals surface area contributed by atoms with Gasteiger partial charge in [-0.05, 0) is 48.5 Å². The molecule has 0 bridgehead atoms. The number of hydrogen-bond acceptors (Lipinski definition) is 7. The van der Waals surface area contributed by atoms with Crippen molar-refractivity contribution in [2.24, 2.45) is 0 Å². The lowest BCUT2D eigenvalue weighted by Gasteiger charge is -2.36. The number of nitrogens with zero attached hydrogens (tertiary/aromatic N) is 5. The molecule has 0 aliphatic carbocycles. The van der Waals surface area contributed by atoms with E-state index < -0.39 is 8.32 Å². The Morgan fingerprint density at radius 1 is 1.11 bits per heavy atom. The Balaban J connectivity index is 1.24. The lowest BCUT2D eigenvalue weighted by atomic mass is 10.2. The molecular weight excluding hydrogens is 502 g/mol. The summed E-state index contributed by atoms with van der Waals surface area (Å²) >= 11 is 1.62. The van der Waals surface area contributed by atoms with Crippen molar-refractivity contribution in [2.45, 2.75) is 68.2 Å². The summed E-state index contributed by atoms with van der Waals surface area (Å²) in [6.07, 6.45) is 6.45. The van der Waals surface area contributed by atoms with Crippen LogP contribution in [0.25, 0.3) is 10.8 Å². The van der Waals surface area contributed by atoms with Gasteiger partial charge in [0.05, 0.1) is 60.4 Å². The van der Waals surface area contributed by atoms with Crippen LogP contribution in [0, 0.1) is 0 Å². The van der Waals surface area contributed by atoms with Gasteiger partial charge in [0.25, 0.3) is 5.56 Å². The van der Waals surface area contributed by atoms with Crippen LogP contribution in [0.4, 0.5) is 0 Å². The third-order valence-electron chi connectivity index (χ3n) is 7.16. The van der Waals surface area contributed by atoms with E-state index in [1.54, 1.807) is 18.0 Å². The summed E-state index contributed by atoms with van der Waals surface area (Å²) < 4.78 is 15.2. The second-order valence-corrected chi connectivity index (χ2v) is 16.8. The van der Waals surface area contributed by atoms with Crippen molar-refractivity contribution in [1.82, 2.24) is 24.5 Å². The van der Waals surface area contributed by atoms with Gasteiger partial charge in [-0.3, -0.25) is 14.5 Å². The first-order chi connectivity index (χ1) is 17.6. The first kappa shape index (κ1) is 25.7. The standard InChI is InChI=1S/C27H33N5O3SSi/c1-27(2,3)37(4,5)35-13-11-31-18-22(16-28-31)36-21-7-8-23-19(14-21)15-29-32(26(23)33)17-20-6-9-25-24(30-20)10-12-34-25/h6-9,14-16,18H,10-13,17H2,1-5H3. The highest BCUT2D eigenvalue weighted by Gasteiger charge is 2.36. The summed E-state index contributed by atoms with van der Waals surface area (Å²) in [4.78, 5) is 19.8. The maximum absolute atomic E-state index is 13.1. The topological polar surface area (TPSA) is 84.1 Å². The molecule has 0 fully saturated rings. The van der Waals surface area contributed by atoms with Crippen LogP contribution < -0.4 is 10.3 Å². The van der Waals surface area contributed by atoms with Crippen molar-refractivity contribution < 1.29 is 9.16 Å². The van der Waals surface area contributed by atoms with Gasteiger partial charge in [0.15, 0.2) is 8.32 Å². The van der Waals surface area contributed by atoms with Crippen molar-refractivity contribution in [3.63, 3.8) is 0 Å². The molecule has 0 saturated carbocycles. The molecule has 4 heterocycles. The molecule has 0 N–H and O–H groups in total. The maximum Gasteiger partial charge on any atom is 0.274 e. The number of fused-ring (bicyclic) bond motifs is 2. The van der Waals surface area contributed by atoms with Crippen LogP contribution >= 0.6 is 11.8 Å². The SMILES string of the molecule is CC(C)(C)[Si](C)(C)OCCn1cc(Sc2ccc3c(=O)n(Cc4ccc5c(n4)CCO5)ncc3c2)cn1. The normalized spacial score (nSPS) is 13.6. The molecule has 194 valence electrons. The highest BCUT2D eigenvalue weighted by Crippen LogP contribution is 2.36. The van der Waals surface area contributed by atoms with Crippen LogP contribution in [0.15, 0.2) is 63.5 Å². The molecule has 5 rings (SSSR count). The van der Waals surface area contributed by atoms with Crippen LogP contribution in [0.2, 0.25) is 18.1 Å². The van der Waals surface area contributed by atoms with E-state index in [4.69, 9.17) is 9.16 Å². The Kier molecular flexibility index (Phi) is 6.99. The Morgan fingerprint density at radius 2 is 1.95 bits per heavy atom. The fraction of sp³-hybridized carbons (Fsp3) is 0.407. The molecule has 1 aromatic carbocycles. The molecule has 3 aromatic heterocycles. The molecule has 1 aliphatic rings. The minimum atomic E-state index is -1.76. The van der Waals surface area contributed by atoms with E-state index >= 15 is 0 Å². The Bertz CT molecular complexity index is 1490. The lowest BCUT2D eigenvalue weighted by Crippen LogP contribution is -2.41. The van der Waals surface area contributed by atoms with E-state index in [1.807, 2.05) is 47.4 Å². The van der Waals surface area contributed by atoms with Gasteiger partial charge >= 0.3 is 0 Å². The average Bonchev–Trinajstić information content (AvgIpc) is 3.49. The minimum Gasteiger partial charge on any atom is -0.491 e. The predicted molar refractivity (Wildman–Crippen MR) is 148 cm³/mol. The van der Waals surface area contributed by atoms with Crippen LogP contribution in [-0.4, -0.2) is 46.1 Å². The molecule has 0 radical (unpaired) electrons. The first-order valence-electron chi connectivity index (χ1n) is 12.5. The fourth-order valence-corrected chi connectivity index (χ4v) is 5.85. The Hall–Kier alpha value is -2.95. The summed E-state index contributed by atoms with van der Waals surface area (Å²) in [6, 6.07) is 9.66. The van der Waals surface area contributed by atoms with Crippen LogP contribution in [0.1, 0.15) is 32.2 Å². The van der Waals surface area contributed by atoms with Crippen molar-refractivity contribution in [2.75, 3.05) is 13.2 Å². The molecule has 0 unspecified atom stereocenters. The zero-order valence-corrected chi connectivity index (χ0v) is 23.8. The number of aromatic nitrogens is 5. The number of ether oxygens (including phenoxy) is 1. The number of pyridine rings is 1. The van der Waals surface area contributed by atoms with E-state index in [2.05, 4.69) is 49.0 Å². The Labute approximate surface area is 222 Å². The van der Waals surface area contributed by atoms with Crippen LogP contribution in [0.3, 0.4) is 0 Å². The van der Waals surface area contributed by atoms with Gasteiger partial charge in [-0.15, -0.1) is 0 Å². The fourth-order valence-electron chi connectivity index (χ4n) is 3.95. The van der Waals surface area contributed by atoms with Crippen molar-refractivity contribution in [3.8, 4) is 5.75 Å². The average molecular weight is 536 g/mol. The molecule has 8 nitrogen and oxygen atoms in total. The van der Waals surface area contributed by atoms with Gasteiger partial charge in [-0.2, -0.15) is 10.2 Å². The molecule has 0 saturated heterocycles. The van der Waals surface area contributed by atoms with E-state index in [1.165, 1.54) is 4.68 Å². The summed E-state index contributed by atoms with van der Waals surface area (Å²) in [5.41, 5.74) is 1.62. The zero-order chi connectivity index (χ0) is 26.2. The molecule has 0 amide bonds. The van der Waals surface area contributed by atoms with Gasteiger partial charge < -0.3 is 9.16 Å². The number of benzene rings is 1. The molecule has 1 aliphatic heterocycles. The smallest absolute Gasteiger partial charge is 0.274 e. The molecule has 37 heavy (non-hydrogen) atoms. The second-order valence-electron chi connectivity index (χ2n) is 10.9. The largest absolute Gasteiger partial charge is 0.491 e. The first-order valence-corrected chi connectivity index (χ1v) is 16.3. The van der Waals surface area contributed by atoms with E-state index in [9.17, 15) is 4.79 Å². The third kappa shape index (κ3) is 5.66. The molecule has 4 aromatic rings. The minimum absolute atomic E-state index is 0.123.